The Bertz CT molecular complexity index is 474. The number of hydrogen-bond donors (Lipinski definition) is 3. The highest BCUT2D eigenvalue weighted by atomic mass is 19.4. The number of amides is 2. The smallest absolute Gasteiger partial charge is 0.385 e. The van der Waals surface area contributed by atoms with Crippen LogP contribution in [-0.2, 0) is 6.42 Å². The van der Waals surface area contributed by atoms with Gasteiger partial charge in [0, 0.05) is 17.9 Å². The van der Waals surface area contributed by atoms with Crippen molar-refractivity contribution in [1.82, 2.24) is 5.32 Å². The topological polar surface area (TPSA) is 53.2 Å². The number of urea groups is 1. The SMILES string of the molecule is O=C(NCC(F)(F)F)Nc1cccc2c1CCCN2. The van der Waals surface area contributed by atoms with Crippen LogP contribution < -0.4 is 16.0 Å². The zero-order valence-corrected chi connectivity index (χ0v) is 10.1. The third-order valence-electron chi connectivity index (χ3n) is 2.79. The van der Waals surface area contributed by atoms with Crippen LogP contribution in [0.1, 0.15) is 12.0 Å². The first-order chi connectivity index (χ1) is 8.96. The van der Waals surface area contributed by atoms with Crippen molar-refractivity contribution in [3.8, 4) is 0 Å². The van der Waals surface area contributed by atoms with Crippen molar-refractivity contribution in [3.05, 3.63) is 23.8 Å². The Labute approximate surface area is 108 Å². The fourth-order valence-electron chi connectivity index (χ4n) is 1.97. The van der Waals surface area contributed by atoms with Crippen molar-refractivity contribution in [2.75, 3.05) is 23.7 Å². The summed E-state index contributed by atoms with van der Waals surface area (Å²) in [5.74, 6) is 0. The molecule has 0 saturated carbocycles. The molecular weight excluding hydrogens is 259 g/mol. The molecule has 1 aromatic rings. The van der Waals surface area contributed by atoms with Crippen molar-refractivity contribution >= 4 is 17.4 Å². The number of nitrogens with one attached hydrogen (secondary N) is 3. The van der Waals surface area contributed by atoms with Crippen LogP contribution in [0.25, 0.3) is 0 Å². The van der Waals surface area contributed by atoms with Crippen molar-refractivity contribution in [2.45, 2.75) is 19.0 Å². The second-order valence-corrected chi connectivity index (χ2v) is 4.28. The van der Waals surface area contributed by atoms with Crippen LogP contribution >= 0.6 is 0 Å². The molecule has 0 fully saturated rings. The van der Waals surface area contributed by atoms with Gasteiger partial charge in [0.25, 0.3) is 0 Å². The van der Waals surface area contributed by atoms with Crippen LogP contribution in [-0.4, -0.2) is 25.3 Å². The molecule has 0 aliphatic carbocycles. The Balaban J connectivity index is 2.01. The molecular formula is C12H14F3N3O. The summed E-state index contributed by atoms with van der Waals surface area (Å²) < 4.78 is 35.9. The van der Waals surface area contributed by atoms with E-state index in [1.54, 1.807) is 17.4 Å². The summed E-state index contributed by atoms with van der Waals surface area (Å²) in [5.41, 5.74) is 2.39. The molecule has 7 heteroatoms. The number of alkyl halides is 3. The lowest BCUT2D eigenvalue weighted by Crippen LogP contribution is -2.36. The first-order valence-corrected chi connectivity index (χ1v) is 5.93. The highest BCUT2D eigenvalue weighted by Crippen LogP contribution is 2.28. The maximum absolute atomic E-state index is 12.0. The number of carbonyl (C=O) groups excluding carboxylic acids is 1. The van der Waals surface area contributed by atoms with Crippen molar-refractivity contribution < 1.29 is 18.0 Å². The molecule has 0 spiro atoms. The molecule has 1 heterocycles. The lowest BCUT2D eigenvalue weighted by atomic mass is 10.0. The van der Waals surface area contributed by atoms with Gasteiger partial charge in [-0.3, -0.25) is 0 Å². The zero-order chi connectivity index (χ0) is 13.9. The summed E-state index contributed by atoms with van der Waals surface area (Å²) in [5, 5.41) is 7.42. The van der Waals surface area contributed by atoms with Gasteiger partial charge in [-0.05, 0) is 30.5 Å². The second-order valence-electron chi connectivity index (χ2n) is 4.28. The number of halogens is 3. The van der Waals surface area contributed by atoms with E-state index in [0.29, 0.717) is 5.69 Å². The normalized spacial score (nSPS) is 14.3. The number of anilines is 2. The van der Waals surface area contributed by atoms with Crippen LogP contribution in [0.2, 0.25) is 0 Å². The van der Waals surface area contributed by atoms with E-state index in [1.807, 2.05) is 6.07 Å². The molecule has 2 amide bonds. The number of fused-ring (bicyclic) bond motifs is 1. The predicted molar refractivity (Wildman–Crippen MR) is 66.3 cm³/mol. The summed E-state index contributed by atoms with van der Waals surface area (Å²) in [6, 6.07) is 4.46. The summed E-state index contributed by atoms with van der Waals surface area (Å²) in [7, 11) is 0. The first-order valence-electron chi connectivity index (χ1n) is 5.93. The molecule has 1 aliphatic rings. The molecule has 3 N–H and O–H groups in total. The number of hydrogen-bond acceptors (Lipinski definition) is 2. The highest BCUT2D eigenvalue weighted by Gasteiger charge is 2.27. The molecule has 2 rings (SSSR count). The van der Waals surface area contributed by atoms with Gasteiger partial charge in [-0.15, -0.1) is 0 Å². The zero-order valence-electron chi connectivity index (χ0n) is 10.1. The van der Waals surface area contributed by atoms with Gasteiger partial charge in [0.2, 0.25) is 0 Å². The highest BCUT2D eigenvalue weighted by molar-refractivity contribution is 5.91. The predicted octanol–water partition coefficient (Wildman–Crippen LogP) is 2.73. The minimum atomic E-state index is -4.41. The van der Waals surface area contributed by atoms with Gasteiger partial charge in [-0.2, -0.15) is 13.2 Å². The molecule has 4 nitrogen and oxygen atoms in total. The minimum Gasteiger partial charge on any atom is -0.385 e. The maximum Gasteiger partial charge on any atom is 0.405 e. The molecule has 1 aliphatic heterocycles. The standard InChI is InChI=1S/C12H14F3N3O/c13-12(14,15)7-17-11(19)18-10-5-1-4-9-8(10)3-2-6-16-9/h1,4-5,16H,2-3,6-7H2,(H2,17,18,19). The van der Waals surface area contributed by atoms with Crippen molar-refractivity contribution in [1.29, 1.82) is 0 Å². The van der Waals surface area contributed by atoms with Crippen molar-refractivity contribution in [3.63, 3.8) is 0 Å². The molecule has 104 valence electrons. The molecule has 0 aromatic heterocycles. The lowest BCUT2D eigenvalue weighted by Gasteiger charge is -2.21. The van der Waals surface area contributed by atoms with E-state index in [9.17, 15) is 18.0 Å². The summed E-state index contributed by atoms with van der Waals surface area (Å²) in [6.45, 7) is -0.483. The van der Waals surface area contributed by atoms with Crippen LogP contribution in [0.15, 0.2) is 18.2 Å². The molecule has 0 unspecified atom stereocenters. The minimum absolute atomic E-state index is 0.546. The molecule has 0 atom stereocenters. The van der Waals surface area contributed by atoms with Gasteiger partial charge in [0.05, 0.1) is 0 Å². The van der Waals surface area contributed by atoms with Gasteiger partial charge in [-0.1, -0.05) is 6.07 Å². The van der Waals surface area contributed by atoms with Crippen LogP contribution in [0.3, 0.4) is 0 Å². The fourth-order valence-corrected chi connectivity index (χ4v) is 1.97. The van der Waals surface area contributed by atoms with E-state index in [-0.39, 0.29) is 0 Å². The van der Waals surface area contributed by atoms with E-state index >= 15 is 0 Å². The second kappa shape index (κ2) is 5.38. The Hall–Kier alpha value is -1.92. The molecule has 19 heavy (non-hydrogen) atoms. The van der Waals surface area contributed by atoms with Gasteiger partial charge < -0.3 is 16.0 Å². The first kappa shape index (κ1) is 13.5. The average Bonchev–Trinajstić information content (AvgIpc) is 2.36. The quantitative estimate of drug-likeness (QED) is 0.776. The third-order valence-corrected chi connectivity index (χ3v) is 2.79. The Morgan fingerprint density at radius 1 is 1.37 bits per heavy atom. The summed E-state index contributed by atoms with van der Waals surface area (Å²) in [4.78, 5) is 11.4. The maximum atomic E-state index is 12.0. The lowest BCUT2D eigenvalue weighted by molar-refractivity contribution is -0.122. The van der Waals surface area contributed by atoms with E-state index in [1.165, 1.54) is 0 Å². The number of rotatable bonds is 2. The van der Waals surface area contributed by atoms with E-state index < -0.39 is 18.8 Å². The van der Waals surface area contributed by atoms with E-state index in [4.69, 9.17) is 0 Å². The monoisotopic (exact) mass is 273 g/mol. The molecule has 0 saturated heterocycles. The third kappa shape index (κ3) is 3.77. The number of carbonyl (C=O) groups is 1. The Morgan fingerprint density at radius 2 is 2.16 bits per heavy atom. The molecule has 1 aromatic carbocycles. The summed E-state index contributed by atoms with van der Waals surface area (Å²) in [6.07, 6.45) is -2.69. The van der Waals surface area contributed by atoms with E-state index in [2.05, 4.69) is 10.6 Å². The van der Waals surface area contributed by atoms with Crippen molar-refractivity contribution in [2.24, 2.45) is 0 Å². The van der Waals surface area contributed by atoms with Crippen LogP contribution in [0, 0.1) is 0 Å². The van der Waals surface area contributed by atoms with Gasteiger partial charge in [-0.25, -0.2) is 4.79 Å². The fraction of sp³-hybridized carbons (Fsp3) is 0.417. The van der Waals surface area contributed by atoms with Crippen LogP contribution in [0.5, 0.6) is 0 Å². The van der Waals surface area contributed by atoms with Gasteiger partial charge in [0.1, 0.15) is 6.54 Å². The average molecular weight is 273 g/mol. The summed E-state index contributed by atoms with van der Waals surface area (Å²) >= 11 is 0. The van der Waals surface area contributed by atoms with Gasteiger partial charge in [0.15, 0.2) is 0 Å². The number of benzene rings is 1. The largest absolute Gasteiger partial charge is 0.405 e. The van der Waals surface area contributed by atoms with Crippen LogP contribution in [0.4, 0.5) is 29.3 Å². The molecule has 0 radical (unpaired) electrons. The van der Waals surface area contributed by atoms with Gasteiger partial charge >= 0.3 is 12.2 Å². The van der Waals surface area contributed by atoms with E-state index in [0.717, 1.165) is 30.6 Å². The Morgan fingerprint density at radius 3 is 2.89 bits per heavy atom. The molecule has 0 bridgehead atoms. The Kier molecular flexibility index (Phi) is 3.82.